The van der Waals surface area contributed by atoms with E-state index in [2.05, 4.69) is 19.2 Å². The van der Waals surface area contributed by atoms with Crippen LogP contribution in [-0.2, 0) is 9.53 Å². The number of hydrogen-bond acceptors (Lipinski definition) is 3. The quantitative estimate of drug-likeness (QED) is 0.707. The van der Waals surface area contributed by atoms with Crippen molar-refractivity contribution >= 4 is 5.91 Å². The maximum atomic E-state index is 11.5. The van der Waals surface area contributed by atoms with Gasteiger partial charge in [-0.2, -0.15) is 0 Å². The van der Waals surface area contributed by atoms with E-state index in [1.54, 1.807) is 0 Å². The monoisotopic (exact) mass is 279 g/mol. The molecule has 0 aliphatic carbocycles. The molecule has 1 rings (SSSR count). The summed E-state index contributed by atoms with van der Waals surface area (Å²) in [5, 5.41) is 2.76. The van der Waals surface area contributed by atoms with E-state index in [1.165, 1.54) is 5.56 Å². The minimum atomic E-state index is -0.127. The van der Waals surface area contributed by atoms with Gasteiger partial charge in [0.15, 0.2) is 6.61 Å². The highest BCUT2D eigenvalue weighted by molar-refractivity contribution is 5.77. The van der Waals surface area contributed by atoms with E-state index in [9.17, 15) is 4.79 Å². The van der Waals surface area contributed by atoms with Crippen LogP contribution in [0.25, 0.3) is 0 Å². The molecular weight excluding hydrogens is 254 g/mol. The zero-order valence-electron chi connectivity index (χ0n) is 12.6. The van der Waals surface area contributed by atoms with E-state index in [4.69, 9.17) is 9.47 Å². The number of carbonyl (C=O) groups excluding carboxylic acids is 1. The Morgan fingerprint density at radius 3 is 2.55 bits per heavy atom. The van der Waals surface area contributed by atoms with Crippen molar-refractivity contribution in [2.75, 3.05) is 26.4 Å². The van der Waals surface area contributed by atoms with Gasteiger partial charge < -0.3 is 14.8 Å². The van der Waals surface area contributed by atoms with Crippen LogP contribution in [0.4, 0.5) is 0 Å². The Morgan fingerprint density at radius 1 is 1.20 bits per heavy atom. The molecule has 112 valence electrons. The van der Waals surface area contributed by atoms with Crippen LogP contribution >= 0.6 is 0 Å². The van der Waals surface area contributed by atoms with Crippen LogP contribution in [0.3, 0.4) is 0 Å². The number of nitrogens with one attached hydrogen (secondary N) is 1. The largest absolute Gasteiger partial charge is 0.484 e. The lowest BCUT2D eigenvalue weighted by molar-refractivity contribution is -0.123. The van der Waals surface area contributed by atoms with Gasteiger partial charge in [0, 0.05) is 13.2 Å². The SMILES string of the molecule is Cc1ccc(OCC(=O)NCCOCCC(C)C)cc1. The topological polar surface area (TPSA) is 47.6 Å². The number of aryl methyl sites for hydroxylation is 1. The first-order valence-electron chi connectivity index (χ1n) is 7.12. The van der Waals surface area contributed by atoms with E-state index in [0.29, 0.717) is 24.8 Å². The van der Waals surface area contributed by atoms with Crippen molar-refractivity contribution in [3.63, 3.8) is 0 Å². The summed E-state index contributed by atoms with van der Waals surface area (Å²) in [5.74, 6) is 1.23. The first-order valence-corrected chi connectivity index (χ1v) is 7.12. The number of ether oxygens (including phenoxy) is 2. The lowest BCUT2D eigenvalue weighted by Gasteiger charge is -2.09. The van der Waals surface area contributed by atoms with Crippen LogP contribution in [0.1, 0.15) is 25.8 Å². The molecule has 0 aliphatic rings. The maximum absolute atomic E-state index is 11.5. The molecule has 0 saturated heterocycles. The summed E-state index contributed by atoms with van der Waals surface area (Å²) < 4.78 is 10.8. The molecule has 0 aromatic heterocycles. The van der Waals surface area contributed by atoms with Crippen molar-refractivity contribution < 1.29 is 14.3 Å². The third-order valence-electron chi connectivity index (χ3n) is 2.80. The molecule has 0 aliphatic heterocycles. The van der Waals surface area contributed by atoms with Crippen molar-refractivity contribution in [3.8, 4) is 5.75 Å². The van der Waals surface area contributed by atoms with Gasteiger partial charge in [0.25, 0.3) is 5.91 Å². The zero-order valence-corrected chi connectivity index (χ0v) is 12.6. The predicted octanol–water partition coefficient (Wildman–Crippen LogP) is 2.55. The summed E-state index contributed by atoms with van der Waals surface area (Å²) >= 11 is 0. The molecular formula is C16H25NO3. The molecule has 0 bridgehead atoms. The van der Waals surface area contributed by atoms with Gasteiger partial charge in [-0.25, -0.2) is 0 Å². The molecule has 1 aromatic carbocycles. The van der Waals surface area contributed by atoms with Crippen molar-refractivity contribution in [3.05, 3.63) is 29.8 Å². The Hall–Kier alpha value is -1.55. The Balaban J connectivity index is 2.04. The molecule has 0 saturated carbocycles. The van der Waals surface area contributed by atoms with Crippen LogP contribution in [0.15, 0.2) is 24.3 Å². The molecule has 4 nitrogen and oxygen atoms in total. The Kier molecular flexibility index (Phi) is 7.73. The molecule has 0 atom stereocenters. The summed E-state index contributed by atoms with van der Waals surface area (Å²) in [5.41, 5.74) is 1.17. The zero-order chi connectivity index (χ0) is 14.8. The smallest absolute Gasteiger partial charge is 0.258 e. The molecule has 1 aromatic rings. The fraction of sp³-hybridized carbons (Fsp3) is 0.562. The lowest BCUT2D eigenvalue weighted by Crippen LogP contribution is -2.31. The van der Waals surface area contributed by atoms with Crippen LogP contribution in [0.2, 0.25) is 0 Å². The predicted molar refractivity (Wildman–Crippen MR) is 80.0 cm³/mol. The van der Waals surface area contributed by atoms with E-state index in [0.717, 1.165) is 13.0 Å². The Morgan fingerprint density at radius 2 is 1.90 bits per heavy atom. The average Bonchev–Trinajstić information content (AvgIpc) is 2.41. The van der Waals surface area contributed by atoms with Crippen LogP contribution in [-0.4, -0.2) is 32.3 Å². The number of rotatable bonds is 9. The molecule has 4 heteroatoms. The highest BCUT2D eigenvalue weighted by Gasteiger charge is 2.02. The summed E-state index contributed by atoms with van der Waals surface area (Å²) in [7, 11) is 0. The third kappa shape index (κ3) is 7.79. The highest BCUT2D eigenvalue weighted by Crippen LogP contribution is 2.10. The van der Waals surface area contributed by atoms with Crippen LogP contribution in [0, 0.1) is 12.8 Å². The van der Waals surface area contributed by atoms with Gasteiger partial charge in [-0.05, 0) is 31.4 Å². The second kappa shape index (κ2) is 9.37. The summed E-state index contributed by atoms with van der Waals surface area (Å²) in [6, 6.07) is 7.63. The van der Waals surface area contributed by atoms with Crippen LogP contribution < -0.4 is 10.1 Å². The number of hydrogen-bond donors (Lipinski definition) is 1. The number of amides is 1. The summed E-state index contributed by atoms with van der Waals surface area (Å²) in [6.07, 6.45) is 1.05. The van der Waals surface area contributed by atoms with Crippen molar-refractivity contribution in [1.82, 2.24) is 5.32 Å². The van der Waals surface area contributed by atoms with E-state index in [1.807, 2.05) is 31.2 Å². The molecule has 1 N–H and O–H groups in total. The second-order valence-corrected chi connectivity index (χ2v) is 5.25. The Bertz CT molecular complexity index is 387. The summed E-state index contributed by atoms with van der Waals surface area (Å²) in [6.45, 7) is 8.18. The Labute approximate surface area is 121 Å². The molecule has 1 amide bonds. The van der Waals surface area contributed by atoms with E-state index in [-0.39, 0.29) is 12.5 Å². The van der Waals surface area contributed by atoms with Gasteiger partial charge >= 0.3 is 0 Å². The van der Waals surface area contributed by atoms with Crippen molar-refractivity contribution in [2.24, 2.45) is 5.92 Å². The van der Waals surface area contributed by atoms with Gasteiger partial charge in [0.1, 0.15) is 5.75 Å². The van der Waals surface area contributed by atoms with Gasteiger partial charge in [-0.1, -0.05) is 31.5 Å². The van der Waals surface area contributed by atoms with Crippen molar-refractivity contribution in [1.29, 1.82) is 0 Å². The highest BCUT2D eigenvalue weighted by atomic mass is 16.5. The third-order valence-corrected chi connectivity index (χ3v) is 2.80. The molecule has 0 spiro atoms. The van der Waals surface area contributed by atoms with Crippen molar-refractivity contribution in [2.45, 2.75) is 27.2 Å². The van der Waals surface area contributed by atoms with Crippen LogP contribution in [0.5, 0.6) is 5.75 Å². The van der Waals surface area contributed by atoms with Gasteiger partial charge in [-0.3, -0.25) is 4.79 Å². The minimum Gasteiger partial charge on any atom is -0.484 e. The van der Waals surface area contributed by atoms with Gasteiger partial charge in [-0.15, -0.1) is 0 Å². The molecule has 0 heterocycles. The molecule has 20 heavy (non-hydrogen) atoms. The van der Waals surface area contributed by atoms with Gasteiger partial charge in [0.2, 0.25) is 0 Å². The number of benzene rings is 1. The molecule has 0 unspecified atom stereocenters. The normalized spacial score (nSPS) is 10.6. The average molecular weight is 279 g/mol. The fourth-order valence-electron chi connectivity index (χ4n) is 1.52. The first-order chi connectivity index (χ1) is 9.58. The summed E-state index contributed by atoms with van der Waals surface area (Å²) in [4.78, 5) is 11.5. The number of carbonyl (C=O) groups is 1. The maximum Gasteiger partial charge on any atom is 0.258 e. The standard InChI is InChI=1S/C16H25NO3/c1-13(2)8-10-19-11-9-17-16(18)12-20-15-6-4-14(3)5-7-15/h4-7,13H,8-12H2,1-3H3,(H,17,18). The molecule has 0 fully saturated rings. The first kappa shape index (κ1) is 16.5. The molecule has 0 radical (unpaired) electrons. The van der Waals surface area contributed by atoms with E-state index >= 15 is 0 Å². The lowest BCUT2D eigenvalue weighted by atomic mass is 10.1. The minimum absolute atomic E-state index is 0.0368. The fourth-order valence-corrected chi connectivity index (χ4v) is 1.52. The second-order valence-electron chi connectivity index (χ2n) is 5.25. The van der Waals surface area contributed by atoms with Gasteiger partial charge in [0.05, 0.1) is 6.61 Å². The van der Waals surface area contributed by atoms with E-state index < -0.39 is 0 Å².